The third-order valence-corrected chi connectivity index (χ3v) is 8.33. The Balaban J connectivity index is 1.13. The number of aliphatic hydroxyl groups excluding tert-OH is 1. The number of hydrogen-bond acceptors (Lipinski definition) is 5. The van der Waals surface area contributed by atoms with Gasteiger partial charge in [0.1, 0.15) is 18.0 Å². The van der Waals surface area contributed by atoms with Crippen molar-refractivity contribution in [1.29, 1.82) is 0 Å². The number of aliphatic hydroxyl groups is 1. The number of carbonyl (C=O) groups excluding carboxylic acids is 2. The van der Waals surface area contributed by atoms with E-state index in [1.54, 1.807) is 0 Å². The van der Waals surface area contributed by atoms with Crippen molar-refractivity contribution in [1.82, 2.24) is 10.2 Å². The third kappa shape index (κ3) is 5.05. The minimum absolute atomic E-state index is 0.0135. The highest BCUT2D eigenvalue weighted by atomic mass is 16.6. The van der Waals surface area contributed by atoms with Gasteiger partial charge >= 0.3 is 6.03 Å². The number of fused-ring (bicyclic) bond motifs is 4. The van der Waals surface area contributed by atoms with E-state index in [9.17, 15) is 14.7 Å². The maximum absolute atomic E-state index is 13.2. The molecule has 4 atom stereocenters. The van der Waals surface area contributed by atoms with Crippen LogP contribution in [-0.4, -0.2) is 59.5 Å². The SMILES string of the molecule is O=C(Nc1ccc2c(c1)[C@H]1C[C@@H](CC(=O)N3CCc4ccccc4C3)O[C@@H](CO)[C@H]1O2)NC1CCCC1. The Morgan fingerprint density at radius 2 is 1.89 bits per heavy atom. The summed E-state index contributed by atoms with van der Waals surface area (Å²) in [5, 5.41) is 16.1. The summed E-state index contributed by atoms with van der Waals surface area (Å²) in [7, 11) is 0. The summed E-state index contributed by atoms with van der Waals surface area (Å²) in [6.45, 7) is 1.16. The predicted octanol–water partition coefficient (Wildman–Crippen LogP) is 3.72. The molecule has 1 aliphatic carbocycles. The second kappa shape index (κ2) is 10.3. The van der Waals surface area contributed by atoms with Gasteiger partial charge in [-0.15, -0.1) is 0 Å². The molecule has 2 fully saturated rings. The van der Waals surface area contributed by atoms with Gasteiger partial charge in [0.05, 0.1) is 19.1 Å². The lowest BCUT2D eigenvalue weighted by Crippen LogP contribution is -2.48. The van der Waals surface area contributed by atoms with E-state index < -0.39 is 6.10 Å². The van der Waals surface area contributed by atoms with Gasteiger partial charge in [-0.3, -0.25) is 4.79 Å². The Morgan fingerprint density at radius 3 is 2.70 bits per heavy atom. The molecule has 8 nitrogen and oxygen atoms in total. The van der Waals surface area contributed by atoms with Crippen molar-refractivity contribution in [2.75, 3.05) is 18.5 Å². The molecule has 3 aliphatic heterocycles. The van der Waals surface area contributed by atoms with Crippen LogP contribution in [-0.2, 0) is 22.5 Å². The number of carbonyl (C=O) groups is 2. The van der Waals surface area contributed by atoms with Crippen LogP contribution in [0, 0.1) is 0 Å². The zero-order valence-corrected chi connectivity index (χ0v) is 21.0. The zero-order valence-electron chi connectivity index (χ0n) is 21.0. The number of nitrogens with zero attached hydrogens (tertiary/aromatic N) is 1. The van der Waals surface area contributed by atoms with E-state index in [-0.39, 0.29) is 49.1 Å². The highest BCUT2D eigenvalue weighted by Crippen LogP contribution is 2.47. The van der Waals surface area contributed by atoms with Crippen molar-refractivity contribution in [3.8, 4) is 5.75 Å². The van der Waals surface area contributed by atoms with Gasteiger partial charge in [-0.25, -0.2) is 4.79 Å². The molecule has 196 valence electrons. The predicted molar refractivity (Wildman–Crippen MR) is 139 cm³/mol. The van der Waals surface area contributed by atoms with E-state index in [1.165, 1.54) is 11.1 Å². The molecule has 2 aromatic rings. The molecule has 1 saturated carbocycles. The highest BCUT2D eigenvalue weighted by molar-refractivity contribution is 5.89. The smallest absolute Gasteiger partial charge is 0.319 e. The van der Waals surface area contributed by atoms with Gasteiger partial charge < -0.3 is 30.1 Å². The van der Waals surface area contributed by atoms with Gasteiger partial charge in [0.15, 0.2) is 0 Å². The van der Waals surface area contributed by atoms with Crippen LogP contribution in [0.15, 0.2) is 42.5 Å². The first-order valence-electron chi connectivity index (χ1n) is 13.6. The minimum Gasteiger partial charge on any atom is -0.487 e. The first-order chi connectivity index (χ1) is 18.1. The molecule has 0 radical (unpaired) electrons. The molecule has 0 aromatic heterocycles. The molecule has 2 aromatic carbocycles. The first kappa shape index (κ1) is 24.2. The molecule has 1 saturated heterocycles. The summed E-state index contributed by atoms with van der Waals surface area (Å²) in [5.74, 6) is 0.812. The second-order valence-electron chi connectivity index (χ2n) is 10.8. The van der Waals surface area contributed by atoms with Gasteiger partial charge in [0, 0.05) is 36.3 Å². The first-order valence-corrected chi connectivity index (χ1v) is 13.6. The summed E-state index contributed by atoms with van der Waals surface area (Å²) in [6.07, 6.45) is 5.02. The topological polar surface area (TPSA) is 100 Å². The lowest BCUT2D eigenvalue weighted by Gasteiger charge is -2.38. The van der Waals surface area contributed by atoms with Crippen LogP contribution in [0.2, 0.25) is 0 Å². The fourth-order valence-electron chi connectivity index (χ4n) is 6.42. The quantitative estimate of drug-likeness (QED) is 0.575. The molecular formula is C29H35N3O5. The maximum atomic E-state index is 13.2. The van der Waals surface area contributed by atoms with E-state index in [1.807, 2.05) is 35.2 Å². The number of hydrogen-bond donors (Lipinski definition) is 3. The van der Waals surface area contributed by atoms with E-state index in [2.05, 4.69) is 22.8 Å². The minimum atomic E-state index is -0.506. The van der Waals surface area contributed by atoms with E-state index in [4.69, 9.17) is 9.47 Å². The molecule has 3 N–H and O–H groups in total. The number of benzene rings is 2. The van der Waals surface area contributed by atoms with Crippen LogP contribution in [0.25, 0.3) is 0 Å². The lowest BCUT2D eigenvalue weighted by atomic mass is 9.84. The molecule has 0 spiro atoms. The Hall–Kier alpha value is -3.10. The van der Waals surface area contributed by atoms with Crippen LogP contribution in [0.4, 0.5) is 10.5 Å². The maximum Gasteiger partial charge on any atom is 0.319 e. The van der Waals surface area contributed by atoms with E-state index >= 15 is 0 Å². The number of amides is 3. The summed E-state index contributed by atoms with van der Waals surface area (Å²) >= 11 is 0. The number of anilines is 1. The number of ether oxygens (including phenoxy) is 2. The van der Waals surface area contributed by atoms with Crippen molar-refractivity contribution < 1.29 is 24.2 Å². The normalized spacial score (nSPS) is 26.6. The summed E-state index contributed by atoms with van der Waals surface area (Å²) in [4.78, 5) is 27.6. The molecule has 6 rings (SSSR count). The average molecular weight is 506 g/mol. The van der Waals surface area contributed by atoms with Gasteiger partial charge in [-0.05, 0) is 55.0 Å². The van der Waals surface area contributed by atoms with Crippen LogP contribution in [0.1, 0.15) is 61.1 Å². The van der Waals surface area contributed by atoms with Gasteiger partial charge in [0.25, 0.3) is 0 Å². The molecule has 4 aliphatic rings. The Labute approximate surface area is 217 Å². The molecule has 37 heavy (non-hydrogen) atoms. The largest absolute Gasteiger partial charge is 0.487 e. The number of urea groups is 1. The van der Waals surface area contributed by atoms with Crippen LogP contribution < -0.4 is 15.4 Å². The summed E-state index contributed by atoms with van der Waals surface area (Å²) < 4.78 is 12.4. The zero-order chi connectivity index (χ0) is 25.4. The standard InChI is InChI=1S/C29H35N3O5/c33-17-26-28-24(14-22(36-26)15-27(34)32-12-11-18-5-1-2-6-19(18)16-32)23-13-21(9-10-25(23)37-28)31-29(35)30-20-7-3-4-8-20/h1-2,5-6,9-10,13,20,22,24,26,28,33H,3-4,7-8,11-12,14-17H2,(H2,30,31,35)/t22-,24+,26-,28-/m0/s1. The van der Waals surface area contributed by atoms with E-state index in [0.717, 1.165) is 43.4 Å². The fourth-order valence-corrected chi connectivity index (χ4v) is 6.42. The van der Waals surface area contributed by atoms with Crippen molar-refractivity contribution in [3.05, 3.63) is 59.2 Å². The van der Waals surface area contributed by atoms with Crippen molar-refractivity contribution in [2.45, 2.75) is 81.8 Å². The van der Waals surface area contributed by atoms with Crippen molar-refractivity contribution >= 4 is 17.6 Å². The van der Waals surface area contributed by atoms with Crippen molar-refractivity contribution in [2.24, 2.45) is 0 Å². The van der Waals surface area contributed by atoms with Crippen LogP contribution in [0.3, 0.4) is 0 Å². The molecule has 3 heterocycles. The van der Waals surface area contributed by atoms with Gasteiger partial charge in [0.2, 0.25) is 5.91 Å². The average Bonchev–Trinajstić information content (AvgIpc) is 3.55. The molecular weight excluding hydrogens is 470 g/mol. The van der Waals surface area contributed by atoms with Crippen molar-refractivity contribution in [3.63, 3.8) is 0 Å². The molecule has 8 heteroatoms. The van der Waals surface area contributed by atoms with Crippen LogP contribution in [0.5, 0.6) is 5.75 Å². The Morgan fingerprint density at radius 1 is 1.08 bits per heavy atom. The van der Waals surface area contributed by atoms with Gasteiger partial charge in [-0.1, -0.05) is 37.1 Å². The Bertz CT molecular complexity index is 1160. The Kier molecular flexibility index (Phi) is 6.78. The molecule has 3 amide bonds. The summed E-state index contributed by atoms with van der Waals surface area (Å²) in [5.41, 5.74) is 4.22. The van der Waals surface area contributed by atoms with Gasteiger partial charge in [-0.2, -0.15) is 0 Å². The second-order valence-corrected chi connectivity index (χ2v) is 10.8. The lowest BCUT2D eigenvalue weighted by molar-refractivity contribution is -0.149. The molecule has 0 unspecified atom stereocenters. The highest BCUT2D eigenvalue weighted by Gasteiger charge is 2.46. The number of rotatable bonds is 5. The number of nitrogens with one attached hydrogen (secondary N) is 2. The van der Waals surface area contributed by atoms with Crippen LogP contribution >= 0.6 is 0 Å². The fraction of sp³-hybridized carbons (Fsp3) is 0.517. The van der Waals surface area contributed by atoms with E-state index in [0.29, 0.717) is 25.2 Å². The monoisotopic (exact) mass is 505 g/mol. The summed E-state index contributed by atoms with van der Waals surface area (Å²) in [6, 6.07) is 14.0. The molecule has 0 bridgehead atoms. The third-order valence-electron chi connectivity index (χ3n) is 8.33.